The summed E-state index contributed by atoms with van der Waals surface area (Å²) in [4.78, 5) is 23.7. The molecule has 0 unspecified atom stereocenters. The Hall–Kier alpha value is -1.10. The average molecular weight is 245 g/mol. The number of ether oxygens (including phenoxy) is 1. The molecular formula is C12H23NO4. The third-order valence-corrected chi connectivity index (χ3v) is 2.16. The molecule has 0 aromatic carbocycles. The molecule has 0 aromatic rings. The lowest BCUT2D eigenvalue weighted by Gasteiger charge is -2.20. The Bertz CT molecular complexity index is 241. The maximum Gasteiger partial charge on any atom is 0.323 e. The fraction of sp³-hybridized carbons (Fsp3) is 0.833. The molecule has 1 N–H and O–H groups in total. The summed E-state index contributed by atoms with van der Waals surface area (Å²) in [6.07, 6.45) is 1.91. The first-order chi connectivity index (χ1) is 7.97. The first-order valence-corrected chi connectivity index (χ1v) is 6.08. The Labute approximate surface area is 103 Å². The van der Waals surface area contributed by atoms with Gasteiger partial charge in [0.2, 0.25) is 5.91 Å². The smallest absolute Gasteiger partial charge is 0.323 e. The van der Waals surface area contributed by atoms with Gasteiger partial charge in [-0.2, -0.15) is 0 Å². The lowest BCUT2D eigenvalue weighted by molar-refractivity contribution is -0.144. The van der Waals surface area contributed by atoms with Crippen LogP contribution in [0.3, 0.4) is 0 Å². The number of hydrogen-bond donors (Lipinski definition) is 1. The zero-order chi connectivity index (χ0) is 13.3. The van der Waals surface area contributed by atoms with Crippen molar-refractivity contribution in [3.63, 3.8) is 0 Å². The molecule has 0 atom stereocenters. The van der Waals surface area contributed by atoms with Crippen LogP contribution in [-0.2, 0) is 14.3 Å². The Balaban J connectivity index is 3.92. The van der Waals surface area contributed by atoms with E-state index < -0.39 is 5.97 Å². The molecule has 0 bridgehead atoms. The summed E-state index contributed by atoms with van der Waals surface area (Å²) < 4.78 is 5.33. The number of hydrogen-bond acceptors (Lipinski definition) is 3. The number of rotatable bonds is 9. The molecule has 1 amide bonds. The number of aliphatic carboxylic acids is 1. The Morgan fingerprint density at radius 1 is 1.35 bits per heavy atom. The van der Waals surface area contributed by atoms with Crippen LogP contribution < -0.4 is 0 Å². The van der Waals surface area contributed by atoms with Gasteiger partial charge in [0, 0.05) is 19.6 Å². The molecule has 0 aromatic heterocycles. The van der Waals surface area contributed by atoms with E-state index in [4.69, 9.17) is 9.84 Å². The van der Waals surface area contributed by atoms with E-state index in [1.54, 1.807) is 0 Å². The third-order valence-electron chi connectivity index (χ3n) is 2.16. The number of carbonyl (C=O) groups is 2. The van der Waals surface area contributed by atoms with Crippen LogP contribution in [0.4, 0.5) is 0 Å². The summed E-state index contributed by atoms with van der Waals surface area (Å²) in [6, 6.07) is 0. The average Bonchev–Trinajstić information content (AvgIpc) is 2.22. The van der Waals surface area contributed by atoms with E-state index in [9.17, 15) is 9.59 Å². The predicted molar refractivity (Wildman–Crippen MR) is 64.8 cm³/mol. The normalized spacial score (nSPS) is 10.6. The van der Waals surface area contributed by atoms with Gasteiger partial charge in [-0.15, -0.1) is 0 Å². The molecule has 5 nitrogen and oxygen atoms in total. The predicted octanol–water partition coefficient (Wildman–Crippen LogP) is 1.51. The van der Waals surface area contributed by atoms with Gasteiger partial charge in [0.15, 0.2) is 0 Å². The van der Waals surface area contributed by atoms with Crippen molar-refractivity contribution in [3.05, 3.63) is 0 Å². The van der Waals surface area contributed by atoms with Gasteiger partial charge < -0.3 is 14.7 Å². The third kappa shape index (κ3) is 8.68. The number of amides is 1. The van der Waals surface area contributed by atoms with E-state index >= 15 is 0 Å². The van der Waals surface area contributed by atoms with E-state index in [0.717, 1.165) is 6.42 Å². The molecule has 0 aliphatic heterocycles. The van der Waals surface area contributed by atoms with Crippen molar-refractivity contribution in [2.24, 2.45) is 0 Å². The van der Waals surface area contributed by atoms with Gasteiger partial charge in [0.1, 0.15) is 6.54 Å². The SMILES string of the molecule is CCCN(CC(=O)O)C(=O)CCCOC(C)C. The molecule has 0 radical (unpaired) electrons. The summed E-state index contributed by atoms with van der Waals surface area (Å²) in [5, 5.41) is 8.69. The largest absolute Gasteiger partial charge is 0.480 e. The van der Waals surface area contributed by atoms with Gasteiger partial charge in [-0.25, -0.2) is 0 Å². The summed E-state index contributed by atoms with van der Waals surface area (Å²) in [5.41, 5.74) is 0. The van der Waals surface area contributed by atoms with Crippen molar-refractivity contribution >= 4 is 11.9 Å². The lowest BCUT2D eigenvalue weighted by Crippen LogP contribution is -2.36. The summed E-state index contributed by atoms with van der Waals surface area (Å²) in [5.74, 6) is -1.08. The zero-order valence-electron chi connectivity index (χ0n) is 10.9. The van der Waals surface area contributed by atoms with E-state index in [1.165, 1.54) is 4.90 Å². The fourth-order valence-corrected chi connectivity index (χ4v) is 1.43. The second-order valence-electron chi connectivity index (χ2n) is 4.23. The molecule has 0 aliphatic carbocycles. The highest BCUT2D eigenvalue weighted by atomic mass is 16.5. The van der Waals surface area contributed by atoms with Crippen LogP contribution in [0, 0.1) is 0 Å². The van der Waals surface area contributed by atoms with Crippen LogP contribution in [0.15, 0.2) is 0 Å². The van der Waals surface area contributed by atoms with Crippen LogP contribution >= 0.6 is 0 Å². The number of carbonyl (C=O) groups excluding carboxylic acids is 1. The Morgan fingerprint density at radius 3 is 2.47 bits per heavy atom. The highest BCUT2D eigenvalue weighted by Gasteiger charge is 2.15. The van der Waals surface area contributed by atoms with Crippen LogP contribution in [0.2, 0.25) is 0 Å². The van der Waals surface area contributed by atoms with Crippen molar-refractivity contribution in [1.82, 2.24) is 4.90 Å². The topological polar surface area (TPSA) is 66.8 Å². The van der Waals surface area contributed by atoms with E-state index in [2.05, 4.69) is 0 Å². The maximum absolute atomic E-state index is 11.7. The fourth-order valence-electron chi connectivity index (χ4n) is 1.43. The van der Waals surface area contributed by atoms with Gasteiger partial charge in [0.25, 0.3) is 0 Å². The first kappa shape index (κ1) is 15.9. The number of carboxylic acids is 1. The monoisotopic (exact) mass is 245 g/mol. The molecule has 0 spiro atoms. The molecule has 0 fully saturated rings. The highest BCUT2D eigenvalue weighted by molar-refractivity contribution is 5.81. The molecule has 0 aliphatic rings. The molecule has 5 heteroatoms. The standard InChI is InChI=1S/C12H23NO4/c1-4-7-13(9-12(15)16)11(14)6-5-8-17-10(2)3/h10H,4-9H2,1-3H3,(H,15,16). The number of carboxylic acid groups (broad SMARTS) is 1. The van der Waals surface area contributed by atoms with Gasteiger partial charge >= 0.3 is 5.97 Å². The maximum atomic E-state index is 11.7. The lowest BCUT2D eigenvalue weighted by atomic mass is 10.2. The Kier molecular flexibility index (Phi) is 8.40. The molecule has 17 heavy (non-hydrogen) atoms. The minimum absolute atomic E-state index is 0.110. The molecule has 0 saturated carbocycles. The second kappa shape index (κ2) is 8.98. The van der Waals surface area contributed by atoms with Crippen molar-refractivity contribution in [1.29, 1.82) is 0 Å². The highest BCUT2D eigenvalue weighted by Crippen LogP contribution is 2.01. The number of nitrogens with zero attached hydrogens (tertiary/aromatic N) is 1. The second-order valence-corrected chi connectivity index (χ2v) is 4.23. The molecule has 100 valence electrons. The molecule has 0 rings (SSSR count). The van der Waals surface area contributed by atoms with Crippen molar-refractivity contribution in [3.8, 4) is 0 Å². The van der Waals surface area contributed by atoms with Crippen molar-refractivity contribution < 1.29 is 19.4 Å². The summed E-state index contributed by atoms with van der Waals surface area (Å²) in [7, 11) is 0. The quantitative estimate of drug-likeness (QED) is 0.625. The van der Waals surface area contributed by atoms with Gasteiger partial charge in [-0.1, -0.05) is 6.92 Å². The van der Waals surface area contributed by atoms with Crippen LogP contribution in [0.1, 0.15) is 40.0 Å². The minimum atomic E-state index is -0.967. The Morgan fingerprint density at radius 2 is 2.00 bits per heavy atom. The van der Waals surface area contributed by atoms with Crippen LogP contribution in [0.25, 0.3) is 0 Å². The first-order valence-electron chi connectivity index (χ1n) is 6.08. The molecule has 0 saturated heterocycles. The van der Waals surface area contributed by atoms with Crippen LogP contribution in [-0.4, -0.2) is 47.7 Å². The summed E-state index contributed by atoms with van der Waals surface area (Å²) in [6.45, 7) is 6.62. The van der Waals surface area contributed by atoms with Gasteiger partial charge in [-0.05, 0) is 26.7 Å². The molecule has 0 heterocycles. The van der Waals surface area contributed by atoms with Crippen molar-refractivity contribution in [2.75, 3.05) is 19.7 Å². The van der Waals surface area contributed by atoms with E-state index in [1.807, 2.05) is 20.8 Å². The molecular weight excluding hydrogens is 222 g/mol. The van der Waals surface area contributed by atoms with Crippen LogP contribution in [0.5, 0.6) is 0 Å². The summed E-state index contributed by atoms with van der Waals surface area (Å²) >= 11 is 0. The van der Waals surface area contributed by atoms with Gasteiger partial charge in [-0.3, -0.25) is 9.59 Å². The minimum Gasteiger partial charge on any atom is -0.480 e. The van der Waals surface area contributed by atoms with Crippen molar-refractivity contribution in [2.45, 2.75) is 46.1 Å². The van der Waals surface area contributed by atoms with E-state index in [0.29, 0.717) is 26.0 Å². The zero-order valence-corrected chi connectivity index (χ0v) is 10.9. The van der Waals surface area contributed by atoms with E-state index in [-0.39, 0.29) is 18.6 Å². The van der Waals surface area contributed by atoms with Gasteiger partial charge in [0.05, 0.1) is 6.10 Å².